The molecule has 0 aliphatic rings. The lowest BCUT2D eigenvalue weighted by Gasteiger charge is -2.17. The molecule has 0 radical (unpaired) electrons. The minimum atomic E-state index is -4.76. The first-order valence-corrected chi connectivity index (χ1v) is 4.91. The van der Waals surface area contributed by atoms with Gasteiger partial charge in [-0.2, -0.15) is 13.2 Å². The molecule has 2 unspecified atom stereocenters. The maximum atomic E-state index is 13.0. The Bertz CT molecular complexity index is 456. The van der Waals surface area contributed by atoms with Crippen molar-refractivity contribution in [3.05, 3.63) is 35.1 Å². The van der Waals surface area contributed by atoms with E-state index in [0.717, 1.165) is 6.92 Å². The standard InChI is InChI=1S/C11H10F4O3/c1-5(10(17)18)9(16)6-2-7(11(13,14)15)4-8(12)3-6/h2-5,9,16H,1H3,(H,17,18). The average molecular weight is 266 g/mol. The Kier molecular flexibility index (Phi) is 3.95. The van der Waals surface area contributed by atoms with Gasteiger partial charge in [-0.25, -0.2) is 4.39 Å². The first-order chi connectivity index (χ1) is 8.12. The molecular formula is C11H10F4O3. The zero-order valence-corrected chi connectivity index (χ0v) is 9.20. The molecule has 0 saturated heterocycles. The fourth-order valence-corrected chi connectivity index (χ4v) is 1.37. The monoisotopic (exact) mass is 266 g/mol. The number of halogens is 4. The van der Waals surface area contributed by atoms with Crippen LogP contribution in [0.2, 0.25) is 0 Å². The Morgan fingerprint density at radius 3 is 2.28 bits per heavy atom. The van der Waals surface area contributed by atoms with E-state index in [9.17, 15) is 27.5 Å². The number of benzene rings is 1. The highest BCUT2D eigenvalue weighted by molar-refractivity contribution is 5.70. The van der Waals surface area contributed by atoms with Crippen molar-refractivity contribution in [2.24, 2.45) is 5.92 Å². The van der Waals surface area contributed by atoms with Crippen LogP contribution in [-0.4, -0.2) is 16.2 Å². The first-order valence-electron chi connectivity index (χ1n) is 4.91. The van der Waals surface area contributed by atoms with Gasteiger partial charge in [0.15, 0.2) is 0 Å². The summed E-state index contributed by atoms with van der Waals surface area (Å²) in [6, 6.07) is 1.49. The van der Waals surface area contributed by atoms with Crippen LogP contribution in [-0.2, 0) is 11.0 Å². The molecule has 1 aromatic carbocycles. The van der Waals surface area contributed by atoms with Crippen LogP contribution in [0.4, 0.5) is 17.6 Å². The molecule has 0 bridgehead atoms. The number of aliphatic hydroxyl groups excluding tert-OH is 1. The van der Waals surface area contributed by atoms with E-state index in [4.69, 9.17) is 5.11 Å². The van der Waals surface area contributed by atoms with Crippen molar-refractivity contribution in [3.8, 4) is 0 Å². The van der Waals surface area contributed by atoms with Gasteiger partial charge in [-0.3, -0.25) is 4.79 Å². The average Bonchev–Trinajstić information content (AvgIpc) is 2.24. The Morgan fingerprint density at radius 1 is 1.28 bits per heavy atom. The second-order valence-corrected chi connectivity index (χ2v) is 3.84. The van der Waals surface area contributed by atoms with Gasteiger partial charge in [0.25, 0.3) is 0 Å². The smallest absolute Gasteiger partial charge is 0.416 e. The SMILES string of the molecule is CC(C(=O)O)C(O)c1cc(F)cc(C(F)(F)F)c1. The number of aliphatic hydroxyl groups is 1. The van der Waals surface area contributed by atoms with Gasteiger partial charge in [-0.15, -0.1) is 0 Å². The molecule has 0 fully saturated rings. The van der Waals surface area contributed by atoms with Gasteiger partial charge < -0.3 is 10.2 Å². The highest BCUT2D eigenvalue weighted by atomic mass is 19.4. The summed E-state index contributed by atoms with van der Waals surface area (Å²) in [5.74, 6) is -3.91. The lowest BCUT2D eigenvalue weighted by molar-refractivity contribution is -0.145. The minimum absolute atomic E-state index is 0.279. The van der Waals surface area contributed by atoms with Crippen molar-refractivity contribution < 1.29 is 32.6 Å². The summed E-state index contributed by atoms with van der Waals surface area (Å²) in [6.07, 6.45) is -6.47. The van der Waals surface area contributed by atoms with Crippen molar-refractivity contribution in [2.45, 2.75) is 19.2 Å². The summed E-state index contributed by atoms with van der Waals surface area (Å²) in [7, 11) is 0. The van der Waals surface area contributed by atoms with Crippen LogP contribution in [0.5, 0.6) is 0 Å². The molecular weight excluding hydrogens is 256 g/mol. The zero-order valence-electron chi connectivity index (χ0n) is 9.20. The van der Waals surface area contributed by atoms with Crippen molar-refractivity contribution in [3.63, 3.8) is 0 Å². The van der Waals surface area contributed by atoms with Gasteiger partial charge in [-0.05, 0) is 30.7 Å². The van der Waals surface area contributed by atoms with Gasteiger partial charge >= 0.3 is 12.1 Å². The number of hydrogen-bond donors (Lipinski definition) is 2. The van der Waals surface area contributed by atoms with Crippen LogP contribution in [0, 0.1) is 11.7 Å². The minimum Gasteiger partial charge on any atom is -0.481 e. The van der Waals surface area contributed by atoms with E-state index in [1.807, 2.05) is 0 Å². The van der Waals surface area contributed by atoms with Crippen LogP contribution in [0.25, 0.3) is 0 Å². The summed E-state index contributed by atoms with van der Waals surface area (Å²) in [6.45, 7) is 1.12. The topological polar surface area (TPSA) is 57.5 Å². The number of carbonyl (C=O) groups is 1. The van der Waals surface area contributed by atoms with Crippen LogP contribution < -0.4 is 0 Å². The predicted octanol–water partition coefficient (Wildman–Crippen LogP) is 2.60. The number of carboxylic acids is 1. The van der Waals surface area contributed by atoms with E-state index in [2.05, 4.69) is 0 Å². The Labute approximate surface area is 99.7 Å². The lowest BCUT2D eigenvalue weighted by atomic mass is 9.96. The van der Waals surface area contributed by atoms with Crippen LogP contribution in [0.15, 0.2) is 18.2 Å². The van der Waals surface area contributed by atoms with E-state index in [1.165, 1.54) is 0 Å². The number of carboxylic acid groups (broad SMARTS) is 1. The Hall–Kier alpha value is -1.63. The van der Waals surface area contributed by atoms with Crippen LogP contribution >= 0.6 is 0 Å². The third kappa shape index (κ3) is 3.19. The summed E-state index contributed by atoms with van der Waals surface area (Å²) in [5.41, 5.74) is -1.69. The summed E-state index contributed by atoms with van der Waals surface area (Å²) in [4.78, 5) is 10.6. The molecule has 0 spiro atoms. The van der Waals surface area contributed by atoms with E-state index in [1.54, 1.807) is 0 Å². The number of rotatable bonds is 3. The zero-order chi connectivity index (χ0) is 14.1. The normalized spacial score (nSPS) is 15.2. The van der Waals surface area contributed by atoms with Gasteiger partial charge in [-0.1, -0.05) is 0 Å². The third-order valence-corrected chi connectivity index (χ3v) is 2.45. The first kappa shape index (κ1) is 14.4. The fourth-order valence-electron chi connectivity index (χ4n) is 1.37. The van der Waals surface area contributed by atoms with Gasteiger partial charge in [0.05, 0.1) is 17.6 Å². The van der Waals surface area contributed by atoms with Crippen LogP contribution in [0.3, 0.4) is 0 Å². The second kappa shape index (κ2) is 4.93. The Balaban J connectivity index is 3.18. The molecule has 0 heterocycles. The quantitative estimate of drug-likeness (QED) is 0.827. The van der Waals surface area contributed by atoms with Crippen molar-refractivity contribution in [1.29, 1.82) is 0 Å². The molecule has 3 nitrogen and oxygen atoms in total. The van der Waals surface area contributed by atoms with Gasteiger partial charge in [0, 0.05) is 0 Å². The Morgan fingerprint density at radius 2 is 1.83 bits per heavy atom. The molecule has 0 amide bonds. The molecule has 0 saturated carbocycles. The lowest BCUT2D eigenvalue weighted by Crippen LogP contribution is -2.19. The number of alkyl halides is 3. The highest BCUT2D eigenvalue weighted by Gasteiger charge is 2.33. The van der Waals surface area contributed by atoms with Gasteiger partial charge in [0.2, 0.25) is 0 Å². The summed E-state index contributed by atoms with van der Waals surface area (Å²) < 4.78 is 50.2. The molecule has 2 atom stereocenters. The van der Waals surface area contributed by atoms with E-state index < -0.39 is 41.1 Å². The van der Waals surface area contributed by atoms with Crippen LogP contribution in [0.1, 0.15) is 24.2 Å². The van der Waals surface area contributed by atoms with E-state index in [0.29, 0.717) is 12.1 Å². The largest absolute Gasteiger partial charge is 0.481 e. The number of hydrogen-bond acceptors (Lipinski definition) is 2. The van der Waals surface area contributed by atoms with E-state index >= 15 is 0 Å². The summed E-state index contributed by atoms with van der Waals surface area (Å²) >= 11 is 0. The molecule has 1 rings (SSSR count). The predicted molar refractivity (Wildman–Crippen MR) is 53.2 cm³/mol. The molecule has 18 heavy (non-hydrogen) atoms. The van der Waals surface area contributed by atoms with Crippen molar-refractivity contribution in [2.75, 3.05) is 0 Å². The maximum absolute atomic E-state index is 13.0. The molecule has 7 heteroatoms. The molecule has 1 aromatic rings. The fraction of sp³-hybridized carbons (Fsp3) is 0.364. The molecule has 100 valence electrons. The number of aliphatic carboxylic acids is 1. The third-order valence-electron chi connectivity index (χ3n) is 2.45. The van der Waals surface area contributed by atoms with Crippen molar-refractivity contribution >= 4 is 5.97 Å². The molecule has 0 aliphatic carbocycles. The van der Waals surface area contributed by atoms with E-state index in [-0.39, 0.29) is 6.07 Å². The molecule has 0 aromatic heterocycles. The second-order valence-electron chi connectivity index (χ2n) is 3.84. The summed E-state index contributed by atoms with van der Waals surface area (Å²) in [5, 5.41) is 18.2. The van der Waals surface area contributed by atoms with Crippen molar-refractivity contribution in [1.82, 2.24) is 0 Å². The highest BCUT2D eigenvalue weighted by Crippen LogP contribution is 2.33. The molecule has 2 N–H and O–H groups in total. The van der Waals surface area contributed by atoms with Gasteiger partial charge in [0.1, 0.15) is 5.82 Å². The maximum Gasteiger partial charge on any atom is 0.416 e. The molecule has 0 aliphatic heterocycles.